The van der Waals surface area contributed by atoms with Crippen molar-refractivity contribution in [3.05, 3.63) is 30.1 Å². The van der Waals surface area contributed by atoms with Gasteiger partial charge in [-0.2, -0.15) is 0 Å². The highest BCUT2D eigenvalue weighted by molar-refractivity contribution is 7.92. The number of rotatable bonds is 2. The SMILES string of the molecule is CC[S@](=N)(=O)c1cccc(F)c1. The third-order valence-electron chi connectivity index (χ3n) is 1.58. The van der Waals surface area contributed by atoms with Crippen LogP contribution in [0.3, 0.4) is 0 Å². The Kier molecular flexibility index (Phi) is 2.47. The first kappa shape index (κ1) is 9.19. The highest BCUT2D eigenvalue weighted by Crippen LogP contribution is 2.12. The van der Waals surface area contributed by atoms with Crippen LogP contribution in [0.1, 0.15) is 6.92 Å². The average molecular weight is 187 g/mol. The van der Waals surface area contributed by atoms with Crippen LogP contribution in [0.2, 0.25) is 0 Å². The molecule has 0 aliphatic heterocycles. The molecular weight excluding hydrogens is 177 g/mol. The number of benzene rings is 1. The normalized spacial score (nSPS) is 15.5. The fourth-order valence-corrected chi connectivity index (χ4v) is 1.77. The molecule has 0 spiro atoms. The maximum atomic E-state index is 12.6. The molecule has 1 rings (SSSR count). The van der Waals surface area contributed by atoms with Crippen molar-refractivity contribution < 1.29 is 8.60 Å². The Labute approximate surface area is 71.4 Å². The molecule has 1 aromatic rings. The molecule has 1 aromatic carbocycles. The van der Waals surface area contributed by atoms with E-state index in [0.717, 1.165) is 6.07 Å². The van der Waals surface area contributed by atoms with Gasteiger partial charge in [0.1, 0.15) is 5.82 Å². The van der Waals surface area contributed by atoms with Gasteiger partial charge in [-0.15, -0.1) is 0 Å². The first-order valence-corrected chi connectivity index (χ1v) is 5.31. The molecule has 1 atom stereocenters. The van der Waals surface area contributed by atoms with Gasteiger partial charge in [0.25, 0.3) is 0 Å². The Balaban J connectivity index is 3.21. The van der Waals surface area contributed by atoms with E-state index < -0.39 is 15.5 Å². The Hall–Kier alpha value is -0.900. The van der Waals surface area contributed by atoms with Crippen molar-refractivity contribution in [2.45, 2.75) is 11.8 Å². The van der Waals surface area contributed by atoms with Gasteiger partial charge in [0.05, 0.1) is 14.6 Å². The summed E-state index contributed by atoms with van der Waals surface area (Å²) >= 11 is 0. The smallest absolute Gasteiger partial charge is 0.124 e. The first-order chi connectivity index (χ1) is 5.56. The van der Waals surface area contributed by atoms with Crippen molar-refractivity contribution >= 4 is 9.73 Å². The second-order valence-corrected chi connectivity index (χ2v) is 4.82. The molecule has 0 radical (unpaired) electrons. The maximum Gasteiger partial charge on any atom is 0.124 e. The van der Waals surface area contributed by atoms with Crippen molar-refractivity contribution in [3.63, 3.8) is 0 Å². The lowest BCUT2D eigenvalue weighted by Gasteiger charge is -2.03. The third-order valence-corrected chi connectivity index (χ3v) is 3.41. The molecule has 0 aliphatic carbocycles. The second-order valence-electron chi connectivity index (χ2n) is 2.42. The molecule has 1 N–H and O–H groups in total. The third kappa shape index (κ3) is 1.82. The van der Waals surface area contributed by atoms with Crippen molar-refractivity contribution in [1.82, 2.24) is 0 Å². The van der Waals surface area contributed by atoms with Crippen molar-refractivity contribution in [3.8, 4) is 0 Å². The van der Waals surface area contributed by atoms with Gasteiger partial charge in [-0.05, 0) is 18.2 Å². The summed E-state index contributed by atoms with van der Waals surface area (Å²) in [5.41, 5.74) is 0. The zero-order chi connectivity index (χ0) is 9.19. The monoisotopic (exact) mass is 187 g/mol. The topological polar surface area (TPSA) is 40.9 Å². The van der Waals surface area contributed by atoms with Gasteiger partial charge in [0, 0.05) is 5.75 Å². The van der Waals surface area contributed by atoms with Crippen LogP contribution in [0, 0.1) is 10.6 Å². The molecule has 0 unspecified atom stereocenters. The lowest BCUT2D eigenvalue weighted by molar-refractivity contribution is 0.622. The zero-order valence-electron chi connectivity index (χ0n) is 6.71. The van der Waals surface area contributed by atoms with Crippen molar-refractivity contribution in [2.24, 2.45) is 0 Å². The van der Waals surface area contributed by atoms with Crippen LogP contribution in [0.25, 0.3) is 0 Å². The lowest BCUT2D eigenvalue weighted by atomic mass is 10.4. The summed E-state index contributed by atoms with van der Waals surface area (Å²) in [5.74, 6) is -0.225. The van der Waals surface area contributed by atoms with Gasteiger partial charge in [0.2, 0.25) is 0 Å². The Morgan fingerprint density at radius 2 is 2.25 bits per heavy atom. The van der Waals surface area contributed by atoms with E-state index in [1.165, 1.54) is 18.2 Å². The van der Waals surface area contributed by atoms with Crippen LogP contribution in [-0.2, 0) is 9.73 Å². The average Bonchev–Trinajstić information content (AvgIpc) is 2.05. The summed E-state index contributed by atoms with van der Waals surface area (Å²) in [7, 11) is -2.76. The standard InChI is InChI=1S/C8H10FNOS/c1-2-12(10,11)8-5-3-4-7(9)6-8/h3-6,10H,2H2,1H3/t12-/m0/s1. The Bertz CT molecular complexity index is 372. The van der Waals surface area contributed by atoms with E-state index in [1.807, 2.05) is 0 Å². The number of halogens is 1. The van der Waals surface area contributed by atoms with Crippen molar-refractivity contribution in [1.29, 1.82) is 4.78 Å². The molecule has 0 aliphatic rings. The molecular formula is C8H10FNOS. The predicted octanol–water partition coefficient (Wildman–Crippen LogP) is 2.25. The largest absolute Gasteiger partial charge is 0.249 e. The number of hydrogen-bond acceptors (Lipinski definition) is 2. The van der Waals surface area contributed by atoms with Crippen LogP contribution in [0.5, 0.6) is 0 Å². The molecule has 0 bridgehead atoms. The van der Waals surface area contributed by atoms with E-state index >= 15 is 0 Å². The van der Waals surface area contributed by atoms with Crippen LogP contribution >= 0.6 is 0 Å². The van der Waals surface area contributed by atoms with E-state index in [-0.39, 0.29) is 10.6 Å². The molecule has 4 heteroatoms. The van der Waals surface area contributed by atoms with E-state index in [9.17, 15) is 8.60 Å². The number of nitrogens with one attached hydrogen (secondary N) is 1. The van der Waals surface area contributed by atoms with Crippen LogP contribution in [0.4, 0.5) is 4.39 Å². The van der Waals surface area contributed by atoms with Gasteiger partial charge in [-0.25, -0.2) is 13.4 Å². The fourth-order valence-electron chi connectivity index (χ4n) is 0.839. The number of hydrogen-bond donors (Lipinski definition) is 1. The molecule has 0 fully saturated rings. The molecule has 0 saturated carbocycles. The van der Waals surface area contributed by atoms with Crippen LogP contribution in [-0.4, -0.2) is 9.96 Å². The molecule has 12 heavy (non-hydrogen) atoms. The van der Waals surface area contributed by atoms with Gasteiger partial charge in [-0.1, -0.05) is 13.0 Å². The summed E-state index contributed by atoms with van der Waals surface area (Å²) in [6.45, 7) is 1.65. The molecule has 0 amide bonds. The van der Waals surface area contributed by atoms with E-state index in [0.29, 0.717) is 0 Å². The summed E-state index contributed by atoms with van der Waals surface area (Å²) < 4.78 is 31.4. The minimum Gasteiger partial charge on any atom is -0.249 e. The summed E-state index contributed by atoms with van der Waals surface area (Å²) in [4.78, 5) is 0.269. The van der Waals surface area contributed by atoms with E-state index in [4.69, 9.17) is 4.78 Å². The molecule has 66 valence electrons. The second kappa shape index (κ2) is 3.23. The van der Waals surface area contributed by atoms with E-state index in [1.54, 1.807) is 6.92 Å². The van der Waals surface area contributed by atoms with Gasteiger partial charge in [0.15, 0.2) is 0 Å². The Morgan fingerprint density at radius 3 is 2.75 bits per heavy atom. The Morgan fingerprint density at radius 1 is 1.58 bits per heavy atom. The summed E-state index contributed by atoms with van der Waals surface area (Å²) in [6, 6.07) is 5.41. The minimum absolute atomic E-state index is 0.219. The molecule has 0 aromatic heterocycles. The van der Waals surface area contributed by atoms with E-state index in [2.05, 4.69) is 0 Å². The maximum absolute atomic E-state index is 12.6. The fraction of sp³-hybridized carbons (Fsp3) is 0.250. The van der Waals surface area contributed by atoms with Crippen molar-refractivity contribution in [2.75, 3.05) is 5.75 Å². The zero-order valence-corrected chi connectivity index (χ0v) is 7.53. The van der Waals surface area contributed by atoms with Crippen LogP contribution in [0.15, 0.2) is 29.2 Å². The van der Waals surface area contributed by atoms with Crippen LogP contribution < -0.4 is 0 Å². The molecule has 0 saturated heterocycles. The summed E-state index contributed by atoms with van der Waals surface area (Å²) in [5, 5.41) is 0. The van der Waals surface area contributed by atoms with Gasteiger partial charge in [-0.3, -0.25) is 0 Å². The highest BCUT2D eigenvalue weighted by atomic mass is 32.2. The quantitative estimate of drug-likeness (QED) is 0.758. The predicted molar refractivity (Wildman–Crippen MR) is 46.1 cm³/mol. The highest BCUT2D eigenvalue weighted by Gasteiger charge is 2.06. The summed E-state index contributed by atoms with van der Waals surface area (Å²) in [6.07, 6.45) is 0. The minimum atomic E-state index is -2.76. The van der Waals surface area contributed by atoms with Gasteiger partial charge < -0.3 is 0 Å². The lowest BCUT2D eigenvalue weighted by Crippen LogP contribution is -2.01. The first-order valence-electron chi connectivity index (χ1n) is 3.58. The molecule has 0 heterocycles. The van der Waals surface area contributed by atoms with Gasteiger partial charge >= 0.3 is 0 Å². The molecule has 2 nitrogen and oxygen atoms in total.